The van der Waals surface area contributed by atoms with Crippen LogP contribution >= 0.6 is 0 Å². The molecular weight excluding hydrogens is 363 g/mol. The number of halogens is 3. The fourth-order valence-electron chi connectivity index (χ4n) is 2.32. The summed E-state index contributed by atoms with van der Waals surface area (Å²) >= 11 is 0. The van der Waals surface area contributed by atoms with Gasteiger partial charge in [0.15, 0.2) is 6.61 Å². The molecule has 1 N–H and O–H groups in total. The number of methoxy groups -OCH3 is 1. The molecule has 0 aliphatic rings. The Morgan fingerprint density at radius 2 is 1.81 bits per heavy atom. The number of alkyl halides is 3. The summed E-state index contributed by atoms with van der Waals surface area (Å²) < 4.78 is 48.0. The molecule has 0 aromatic heterocycles. The minimum Gasteiger partial charge on any atom is -0.496 e. The van der Waals surface area contributed by atoms with Crippen LogP contribution in [-0.2, 0) is 33.5 Å². The lowest BCUT2D eigenvalue weighted by atomic mass is 10.1. The van der Waals surface area contributed by atoms with E-state index >= 15 is 0 Å². The van der Waals surface area contributed by atoms with Gasteiger partial charge in [0, 0.05) is 12.1 Å². The summed E-state index contributed by atoms with van der Waals surface area (Å²) in [5.41, 5.74) is 0.0650. The summed E-state index contributed by atoms with van der Waals surface area (Å²) in [5, 5.41) is 2.58. The van der Waals surface area contributed by atoms with E-state index in [9.17, 15) is 22.8 Å². The maximum atomic E-state index is 12.7. The van der Waals surface area contributed by atoms with E-state index in [2.05, 4.69) is 5.32 Å². The zero-order valence-electron chi connectivity index (χ0n) is 14.5. The second kappa shape index (κ2) is 9.07. The molecular formula is C19H18F3NO4. The first-order valence-corrected chi connectivity index (χ1v) is 8.00. The van der Waals surface area contributed by atoms with Crippen LogP contribution in [0.4, 0.5) is 13.2 Å². The summed E-state index contributed by atoms with van der Waals surface area (Å²) in [7, 11) is 1.51. The summed E-state index contributed by atoms with van der Waals surface area (Å²) in [6.45, 7) is -0.332. The molecule has 0 saturated heterocycles. The average molecular weight is 381 g/mol. The zero-order valence-corrected chi connectivity index (χ0v) is 14.5. The lowest BCUT2D eigenvalue weighted by Gasteiger charge is -2.10. The maximum absolute atomic E-state index is 12.7. The van der Waals surface area contributed by atoms with Crippen molar-refractivity contribution >= 4 is 11.9 Å². The van der Waals surface area contributed by atoms with Gasteiger partial charge < -0.3 is 14.8 Å². The Balaban J connectivity index is 1.81. The van der Waals surface area contributed by atoms with Crippen molar-refractivity contribution in [2.24, 2.45) is 0 Å². The first-order valence-electron chi connectivity index (χ1n) is 8.00. The minimum atomic E-state index is -4.49. The molecule has 0 aliphatic heterocycles. The fraction of sp³-hybridized carbons (Fsp3) is 0.263. The summed E-state index contributed by atoms with van der Waals surface area (Å²) in [5.74, 6) is -0.709. The van der Waals surface area contributed by atoms with Crippen molar-refractivity contribution < 1.29 is 32.2 Å². The van der Waals surface area contributed by atoms with Gasteiger partial charge in [0.25, 0.3) is 5.91 Å². The number of rotatable bonds is 7. The van der Waals surface area contributed by atoms with E-state index in [0.29, 0.717) is 5.75 Å². The quantitative estimate of drug-likeness (QED) is 0.749. The van der Waals surface area contributed by atoms with Gasteiger partial charge in [-0.2, -0.15) is 13.2 Å². The third-order valence-electron chi connectivity index (χ3n) is 3.64. The zero-order chi connectivity index (χ0) is 19.9. The van der Waals surface area contributed by atoms with Gasteiger partial charge in [0.1, 0.15) is 5.75 Å². The number of hydrogen-bond donors (Lipinski definition) is 1. The molecule has 2 aromatic rings. The Kier molecular flexibility index (Phi) is 6.81. The van der Waals surface area contributed by atoms with E-state index < -0.39 is 30.2 Å². The number of esters is 1. The van der Waals surface area contributed by atoms with Gasteiger partial charge in [-0.15, -0.1) is 0 Å². The van der Waals surface area contributed by atoms with Gasteiger partial charge in [0.2, 0.25) is 0 Å². The Morgan fingerprint density at radius 1 is 1.07 bits per heavy atom. The first kappa shape index (κ1) is 20.3. The van der Waals surface area contributed by atoms with Gasteiger partial charge in [-0.05, 0) is 17.7 Å². The molecule has 0 radical (unpaired) electrons. The van der Waals surface area contributed by atoms with E-state index in [1.165, 1.54) is 19.2 Å². The van der Waals surface area contributed by atoms with Gasteiger partial charge in [-0.25, -0.2) is 0 Å². The van der Waals surface area contributed by atoms with Crippen LogP contribution in [0.3, 0.4) is 0 Å². The number of ether oxygens (including phenoxy) is 2. The molecule has 0 saturated carbocycles. The standard InChI is InChI=1S/C19H18F3NO4/c1-26-16-8-3-2-6-14(16)11-23-17(24)12-27-18(25)10-13-5-4-7-15(9-13)19(20,21)22/h2-9H,10-12H2,1H3,(H,23,24). The molecule has 0 atom stereocenters. The summed E-state index contributed by atoms with van der Waals surface area (Å²) in [4.78, 5) is 23.5. The molecule has 27 heavy (non-hydrogen) atoms. The second-order valence-corrected chi connectivity index (χ2v) is 5.62. The number of benzene rings is 2. The largest absolute Gasteiger partial charge is 0.496 e. The molecule has 5 nitrogen and oxygen atoms in total. The lowest BCUT2D eigenvalue weighted by molar-refractivity contribution is -0.148. The van der Waals surface area contributed by atoms with Crippen molar-refractivity contribution in [2.45, 2.75) is 19.1 Å². The third kappa shape index (κ3) is 6.32. The van der Waals surface area contributed by atoms with Crippen molar-refractivity contribution in [3.8, 4) is 5.75 Å². The minimum absolute atomic E-state index is 0.157. The Hall–Kier alpha value is -3.03. The number of para-hydroxylation sites is 1. The molecule has 2 rings (SSSR count). The van der Waals surface area contributed by atoms with Crippen LogP contribution in [0.25, 0.3) is 0 Å². The number of amides is 1. The normalized spacial score (nSPS) is 11.0. The van der Waals surface area contributed by atoms with Crippen LogP contribution in [0.5, 0.6) is 5.75 Å². The van der Waals surface area contributed by atoms with Crippen LogP contribution in [0.15, 0.2) is 48.5 Å². The third-order valence-corrected chi connectivity index (χ3v) is 3.64. The van der Waals surface area contributed by atoms with Crippen molar-refractivity contribution in [3.05, 3.63) is 65.2 Å². The van der Waals surface area contributed by atoms with E-state index in [1.54, 1.807) is 24.3 Å². The molecule has 0 heterocycles. The predicted octanol–water partition coefficient (Wildman–Crippen LogP) is 3.12. The van der Waals surface area contributed by atoms with Crippen LogP contribution in [0.2, 0.25) is 0 Å². The molecule has 0 unspecified atom stereocenters. The maximum Gasteiger partial charge on any atom is 0.416 e. The Bertz CT molecular complexity index is 806. The fourth-order valence-corrected chi connectivity index (χ4v) is 2.32. The predicted molar refractivity (Wildman–Crippen MR) is 90.9 cm³/mol. The molecule has 0 fully saturated rings. The second-order valence-electron chi connectivity index (χ2n) is 5.62. The molecule has 8 heteroatoms. The van der Waals surface area contributed by atoms with E-state index in [0.717, 1.165) is 17.7 Å². The van der Waals surface area contributed by atoms with Crippen molar-refractivity contribution in [2.75, 3.05) is 13.7 Å². The number of carbonyl (C=O) groups excluding carboxylic acids is 2. The average Bonchev–Trinajstić information content (AvgIpc) is 2.64. The topological polar surface area (TPSA) is 64.6 Å². The van der Waals surface area contributed by atoms with Crippen LogP contribution in [-0.4, -0.2) is 25.6 Å². The first-order chi connectivity index (χ1) is 12.8. The smallest absolute Gasteiger partial charge is 0.416 e. The highest BCUT2D eigenvalue weighted by Crippen LogP contribution is 2.29. The SMILES string of the molecule is COc1ccccc1CNC(=O)COC(=O)Cc1cccc(C(F)(F)F)c1. The van der Waals surface area contributed by atoms with Crippen molar-refractivity contribution in [1.82, 2.24) is 5.32 Å². The highest BCUT2D eigenvalue weighted by atomic mass is 19.4. The molecule has 1 amide bonds. The summed E-state index contributed by atoms with van der Waals surface area (Å²) in [6, 6.07) is 11.5. The summed E-state index contributed by atoms with van der Waals surface area (Å²) in [6.07, 6.45) is -4.85. The van der Waals surface area contributed by atoms with Crippen LogP contribution < -0.4 is 10.1 Å². The van der Waals surface area contributed by atoms with Gasteiger partial charge in [0.05, 0.1) is 19.1 Å². The van der Waals surface area contributed by atoms with Gasteiger partial charge in [-0.1, -0.05) is 36.4 Å². The monoisotopic (exact) mass is 381 g/mol. The van der Waals surface area contributed by atoms with Gasteiger partial charge in [-0.3, -0.25) is 9.59 Å². The van der Waals surface area contributed by atoms with E-state index in [-0.39, 0.29) is 18.5 Å². The van der Waals surface area contributed by atoms with Crippen LogP contribution in [0.1, 0.15) is 16.7 Å². The molecule has 144 valence electrons. The number of hydrogen-bond acceptors (Lipinski definition) is 4. The Labute approximate surface area is 154 Å². The molecule has 2 aromatic carbocycles. The number of carbonyl (C=O) groups is 2. The van der Waals surface area contributed by atoms with Crippen molar-refractivity contribution in [1.29, 1.82) is 0 Å². The highest BCUT2D eigenvalue weighted by molar-refractivity contribution is 5.81. The molecule has 0 bridgehead atoms. The van der Waals surface area contributed by atoms with E-state index in [1.807, 2.05) is 0 Å². The number of nitrogens with one attached hydrogen (secondary N) is 1. The Morgan fingerprint density at radius 3 is 2.52 bits per heavy atom. The van der Waals surface area contributed by atoms with E-state index in [4.69, 9.17) is 9.47 Å². The lowest BCUT2D eigenvalue weighted by Crippen LogP contribution is -2.28. The van der Waals surface area contributed by atoms with Gasteiger partial charge >= 0.3 is 12.1 Å². The van der Waals surface area contributed by atoms with Crippen LogP contribution in [0, 0.1) is 0 Å². The molecule has 0 spiro atoms. The van der Waals surface area contributed by atoms with Crippen molar-refractivity contribution in [3.63, 3.8) is 0 Å². The molecule has 0 aliphatic carbocycles. The highest BCUT2D eigenvalue weighted by Gasteiger charge is 2.30.